The monoisotopic (exact) mass is 309 g/mol. The van der Waals surface area contributed by atoms with Crippen molar-refractivity contribution in [3.63, 3.8) is 0 Å². The smallest absolute Gasteiger partial charge is 0.264 e. The van der Waals surface area contributed by atoms with Crippen molar-refractivity contribution in [3.8, 4) is 5.88 Å². The summed E-state index contributed by atoms with van der Waals surface area (Å²) in [5.74, 6) is 0.498. The molecule has 0 aliphatic carbocycles. The number of halogens is 1. The minimum Gasteiger partial charge on any atom is -0.471 e. The summed E-state index contributed by atoms with van der Waals surface area (Å²) in [5.41, 5.74) is 0. The van der Waals surface area contributed by atoms with E-state index in [-0.39, 0.29) is 12.0 Å². The molecule has 0 N–H and O–H groups in total. The Balaban J connectivity index is 1.61. The predicted octanol–water partition coefficient (Wildman–Crippen LogP) is 2.49. The molecule has 20 heavy (non-hydrogen) atoms. The molecule has 1 aliphatic heterocycles. The summed E-state index contributed by atoms with van der Waals surface area (Å²) < 4.78 is 6.33. The summed E-state index contributed by atoms with van der Waals surface area (Å²) in [4.78, 5) is 22.7. The molecule has 1 fully saturated rings. The van der Waals surface area contributed by atoms with E-state index >= 15 is 0 Å². The van der Waals surface area contributed by atoms with Crippen molar-refractivity contribution in [2.24, 2.45) is 0 Å². The molecule has 0 spiro atoms. The van der Waals surface area contributed by atoms with E-state index in [0.29, 0.717) is 28.2 Å². The average molecular weight is 310 g/mol. The predicted molar refractivity (Wildman–Crippen MR) is 76.3 cm³/mol. The van der Waals surface area contributed by atoms with E-state index in [9.17, 15) is 4.79 Å². The van der Waals surface area contributed by atoms with Crippen LogP contribution in [0.4, 0.5) is 0 Å². The van der Waals surface area contributed by atoms with Crippen LogP contribution in [0, 0.1) is 0 Å². The Morgan fingerprint density at radius 2 is 2.35 bits per heavy atom. The maximum absolute atomic E-state index is 12.3. The number of amides is 1. The molecule has 2 aromatic heterocycles. The molecule has 0 unspecified atom stereocenters. The number of carbonyl (C=O) groups is 1. The van der Waals surface area contributed by atoms with Crippen molar-refractivity contribution in [2.45, 2.75) is 12.5 Å². The van der Waals surface area contributed by atoms with Crippen molar-refractivity contribution in [1.82, 2.24) is 14.9 Å². The van der Waals surface area contributed by atoms with Gasteiger partial charge < -0.3 is 9.64 Å². The van der Waals surface area contributed by atoms with Crippen molar-refractivity contribution in [1.29, 1.82) is 0 Å². The number of carbonyl (C=O) groups excluding carboxylic acids is 1. The zero-order chi connectivity index (χ0) is 13.9. The Hall–Kier alpha value is -1.66. The van der Waals surface area contributed by atoms with Crippen LogP contribution < -0.4 is 4.74 Å². The van der Waals surface area contributed by atoms with E-state index in [2.05, 4.69) is 9.97 Å². The molecule has 5 nitrogen and oxygen atoms in total. The van der Waals surface area contributed by atoms with Gasteiger partial charge in [0.25, 0.3) is 5.91 Å². The first kappa shape index (κ1) is 13.3. The molecule has 1 aliphatic rings. The molecule has 7 heteroatoms. The normalized spacial score (nSPS) is 18.2. The van der Waals surface area contributed by atoms with Crippen LogP contribution in [0.1, 0.15) is 16.1 Å². The number of hydrogen-bond donors (Lipinski definition) is 0. The third-order valence-corrected chi connectivity index (χ3v) is 4.26. The molecule has 3 heterocycles. The van der Waals surface area contributed by atoms with E-state index in [0.717, 1.165) is 6.42 Å². The van der Waals surface area contributed by atoms with Gasteiger partial charge in [-0.25, -0.2) is 4.98 Å². The molecule has 0 bridgehead atoms. The molecule has 1 saturated heterocycles. The van der Waals surface area contributed by atoms with Gasteiger partial charge in [0.1, 0.15) is 6.10 Å². The van der Waals surface area contributed by atoms with E-state index in [1.54, 1.807) is 35.6 Å². The molecule has 1 amide bonds. The van der Waals surface area contributed by atoms with Crippen LogP contribution in [0.2, 0.25) is 4.34 Å². The van der Waals surface area contributed by atoms with Crippen LogP contribution in [0.5, 0.6) is 5.88 Å². The fourth-order valence-electron chi connectivity index (χ4n) is 2.11. The van der Waals surface area contributed by atoms with Gasteiger partial charge in [0.2, 0.25) is 5.88 Å². The highest BCUT2D eigenvalue weighted by Crippen LogP contribution is 2.25. The molecule has 0 aromatic carbocycles. The highest BCUT2D eigenvalue weighted by molar-refractivity contribution is 7.17. The van der Waals surface area contributed by atoms with Gasteiger partial charge in [-0.1, -0.05) is 11.6 Å². The van der Waals surface area contributed by atoms with E-state index in [4.69, 9.17) is 16.3 Å². The zero-order valence-corrected chi connectivity index (χ0v) is 12.1. The summed E-state index contributed by atoms with van der Waals surface area (Å²) >= 11 is 7.15. The first-order chi connectivity index (χ1) is 9.72. The van der Waals surface area contributed by atoms with Crippen LogP contribution >= 0.6 is 22.9 Å². The number of rotatable bonds is 3. The van der Waals surface area contributed by atoms with Gasteiger partial charge in [-0.15, -0.1) is 11.3 Å². The number of aromatic nitrogens is 2. The lowest BCUT2D eigenvalue weighted by Gasteiger charge is -2.15. The van der Waals surface area contributed by atoms with Gasteiger partial charge in [0, 0.05) is 25.4 Å². The maximum atomic E-state index is 12.3. The third-order valence-electron chi connectivity index (χ3n) is 3.04. The van der Waals surface area contributed by atoms with Crippen LogP contribution in [0.15, 0.2) is 30.7 Å². The molecule has 2 aromatic rings. The Kier molecular flexibility index (Phi) is 3.84. The highest BCUT2D eigenvalue weighted by Gasteiger charge is 2.29. The first-order valence-electron chi connectivity index (χ1n) is 6.19. The number of hydrogen-bond acceptors (Lipinski definition) is 5. The highest BCUT2D eigenvalue weighted by atomic mass is 35.5. The molecular formula is C13H12ClN3O2S. The topological polar surface area (TPSA) is 55.3 Å². The second-order valence-corrected chi connectivity index (χ2v) is 6.14. The third kappa shape index (κ3) is 2.91. The minimum absolute atomic E-state index is 0.00662. The van der Waals surface area contributed by atoms with Crippen molar-refractivity contribution < 1.29 is 9.53 Å². The van der Waals surface area contributed by atoms with E-state index in [1.165, 1.54) is 11.3 Å². The van der Waals surface area contributed by atoms with Crippen LogP contribution in [-0.2, 0) is 0 Å². The molecular weight excluding hydrogens is 298 g/mol. The van der Waals surface area contributed by atoms with E-state index < -0.39 is 0 Å². The minimum atomic E-state index is -0.0360. The molecule has 104 valence electrons. The quantitative estimate of drug-likeness (QED) is 0.874. The van der Waals surface area contributed by atoms with E-state index in [1.807, 2.05) is 0 Å². The largest absolute Gasteiger partial charge is 0.471 e. The fourth-order valence-corrected chi connectivity index (χ4v) is 3.12. The summed E-state index contributed by atoms with van der Waals surface area (Å²) in [5, 5.41) is 0. The van der Waals surface area contributed by atoms with Gasteiger partial charge in [0.05, 0.1) is 22.0 Å². The van der Waals surface area contributed by atoms with Crippen molar-refractivity contribution >= 4 is 28.8 Å². The fraction of sp³-hybridized carbons (Fsp3) is 0.308. The summed E-state index contributed by atoms with van der Waals surface area (Å²) in [7, 11) is 0. The van der Waals surface area contributed by atoms with Gasteiger partial charge in [-0.3, -0.25) is 9.78 Å². The second kappa shape index (κ2) is 5.76. The maximum Gasteiger partial charge on any atom is 0.264 e. The summed E-state index contributed by atoms with van der Waals surface area (Å²) in [6.07, 6.45) is 5.51. The Bertz CT molecular complexity index is 605. The van der Waals surface area contributed by atoms with Crippen LogP contribution in [0.25, 0.3) is 0 Å². The van der Waals surface area contributed by atoms with Crippen LogP contribution in [-0.4, -0.2) is 40.0 Å². The van der Waals surface area contributed by atoms with Crippen molar-refractivity contribution in [3.05, 3.63) is 39.9 Å². The van der Waals surface area contributed by atoms with Gasteiger partial charge in [-0.2, -0.15) is 0 Å². The molecule has 0 saturated carbocycles. The van der Waals surface area contributed by atoms with Crippen LogP contribution in [0.3, 0.4) is 0 Å². The average Bonchev–Trinajstić information content (AvgIpc) is 3.08. The van der Waals surface area contributed by atoms with Gasteiger partial charge in [0.15, 0.2) is 0 Å². The van der Waals surface area contributed by atoms with Crippen molar-refractivity contribution in [2.75, 3.05) is 13.1 Å². The molecule has 0 radical (unpaired) electrons. The lowest BCUT2D eigenvalue weighted by Crippen LogP contribution is -2.30. The van der Waals surface area contributed by atoms with Gasteiger partial charge >= 0.3 is 0 Å². The summed E-state index contributed by atoms with van der Waals surface area (Å²) in [6, 6.07) is 3.50. The zero-order valence-electron chi connectivity index (χ0n) is 10.5. The lowest BCUT2D eigenvalue weighted by molar-refractivity contribution is 0.0776. The second-order valence-electron chi connectivity index (χ2n) is 4.43. The Morgan fingerprint density at radius 3 is 3.05 bits per heavy atom. The molecule has 1 atom stereocenters. The SMILES string of the molecule is O=C(c1ccc(Cl)s1)N1CC[C@H](Oc2cnccn2)C1. The number of ether oxygens (including phenoxy) is 1. The number of likely N-dealkylation sites (tertiary alicyclic amines) is 1. The Labute approximate surface area is 125 Å². The lowest BCUT2D eigenvalue weighted by atomic mass is 10.3. The van der Waals surface area contributed by atoms with Gasteiger partial charge in [-0.05, 0) is 12.1 Å². The number of thiophene rings is 1. The molecule has 3 rings (SSSR count). The summed E-state index contributed by atoms with van der Waals surface area (Å²) in [6.45, 7) is 1.24. The first-order valence-corrected chi connectivity index (χ1v) is 7.39. The Morgan fingerprint density at radius 1 is 1.45 bits per heavy atom. The standard InChI is InChI=1S/C13H12ClN3O2S/c14-11-2-1-10(20-11)13(18)17-6-3-9(8-17)19-12-7-15-4-5-16-12/h1-2,4-5,7,9H,3,6,8H2/t9-/m0/s1. The number of nitrogens with zero attached hydrogens (tertiary/aromatic N) is 3.